The highest BCUT2D eigenvalue weighted by Crippen LogP contribution is 2.39. The zero-order valence-corrected chi connectivity index (χ0v) is 20.6. The van der Waals surface area contributed by atoms with Crippen molar-refractivity contribution >= 4 is 17.6 Å². The Labute approximate surface area is 207 Å². The van der Waals surface area contributed by atoms with Gasteiger partial charge >= 0.3 is 5.97 Å². The third kappa shape index (κ3) is 5.97. The summed E-state index contributed by atoms with van der Waals surface area (Å²) in [5.74, 6) is -0.700. The van der Waals surface area contributed by atoms with Crippen LogP contribution in [0.5, 0.6) is 0 Å². The van der Waals surface area contributed by atoms with Gasteiger partial charge in [-0.25, -0.2) is 0 Å². The molecule has 1 saturated carbocycles. The van der Waals surface area contributed by atoms with Crippen molar-refractivity contribution in [2.75, 3.05) is 5.32 Å². The molecule has 0 aliphatic heterocycles. The smallest absolute Gasteiger partial charge is 0.303 e. The molecule has 1 heterocycles. The molecule has 1 aromatic heterocycles. The number of anilines is 1. The molecule has 182 valence electrons. The van der Waals surface area contributed by atoms with E-state index in [1.807, 2.05) is 37.5 Å². The van der Waals surface area contributed by atoms with Crippen molar-refractivity contribution in [3.63, 3.8) is 0 Å². The van der Waals surface area contributed by atoms with Crippen LogP contribution >= 0.6 is 0 Å². The van der Waals surface area contributed by atoms with E-state index >= 15 is 0 Å². The number of carboxylic acids is 1. The third-order valence-electron chi connectivity index (χ3n) is 7.27. The molecule has 2 N–H and O–H groups in total. The van der Waals surface area contributed by atoms with Gasteiger partial charge in [-0.15, -0.1) is 0 Å². The first-order valence-corrected chi connectivity index (χ1v) is 12.6. The highest BCUT2D eigenvalue weighted by Gasteiger charge is 2.32. The summed E-state index contributed by atoms with van der Waals surface area (Å²) in [5.41, 5.74) is 7.09. The largest absolute Gasteiger partial charge is 0.481 e. The molecule has 2 aromatic carbocycles. The lowest BCUT2D eigenvalue weighted by Gasteiger charge is -2.24. The second-order valence-electron chi connectivity index (χ2n) is 9.55. The van der Waals surface area contributed by atoms with Crippen LogP contribution in [0.1, 0.15) is 67.2 Å². The Morgan fingerprint density at radius 3 is 2.49 bits per heavy atom. The summed E-state index contributed by atoms with van der Waals surface area (Å²) in [6.45, 7) is 4.07. The Hall–Kier alpha value is -3.47. The molecular weight excluding hydrogens is 436 g/mol. The number of carboxylic acid groups (broad SMARTS) is 1. The first-order valence-electron chi connectivity index (χ1n) is 12.6. The minimum Gasteiger partial charge on any atom is -0.481 e. The first-order chi connectivity index (χ1) is 17.0. The van der Waals surface area contributed by atoms with E-state index in [0.29, 0.717) is 12.3 Å². The van der Waals surface area contributed by atoms with Crippen molar-refractivity contribution in [1.29, 1.82) is 0 Å². The number of hydrogen-bond donors (Lipinski definition) is 2. The van der Waals surface area contributed by atoms with E-state index in [0.717, 1.165) is 65.6 Å². The number of nitrogens with zero attached hydrogens (tertiary/aromatic N) is 1. The summed E-state index contributed by atoms with van der Waals surface area (Å²) in [4.78, 5) is 29.0. The second-order valence-corrected chi connectivity index (χ2v) is 9.55. The normalized spacial score (nSPS) is 14.6. The predicted molar refractivity (Wildman–Crippen MR) is 140 cm³/mol. The van der Waals surface area contributed by atoms with Crippen LogP contribution in [0, 0.1) is 12.8 Å². The molecule has 1 atom stereocenters. The number of carbonyl (C=O) groups excluding carboxylic acids is 1. The Balaban J connectivity index is 1.58. The molecule has 0 spiro atoms. The number of hydrogen-bond acceptors (Lipinski definition) is 3. The molecule has 1 amide bonds. The summed E-state index contributed by atoms with van der Waals surface area (Å²) < 4.78 is 0. The lowest BCUT2D eigenvalue weighted by molar-refractivity contribution is -0.137. The van der Waals surface area contributed by atoms with E-state index in [4.69, 9.17) is 5.11 Å². The molecule has 0 bridgehead atoms. The van der Waals surface area contributed by atoms with Gasteiger partial charge in [0.25, 0.3) is 0 Å². The zero-order chi connectivity index (χ0) is 24.8. The van der Waals surface area contributed by atoms with Gasteiger partial charge in [-0.05, 0) is 78.5 Å². The van der Waals surface area contributed by atoms with Crippen molar-refractivity contribution in [1.82, 2.24) is 4.98 Å². The fraction of sp³-hybridized carbons (Fsp3) is 0.367. The number of pyridine rings is 1. The van der Waals surface area contributed by atoms with E-state index in [-0.39, 0.29) is 18.2 Å². The van der Waals surface area contributed by atoms with Crippen LogP contribution in [-0.2, 0) is 22.4 Å². The maximum Gasteiger partial charge on any atom is 0.303 e. The van der Waals surface area contributed by atoms with Crippen LogP contribution in [0.2, 0.25) is 0 Å². The molecule has 35 heavy (non-hydrogen) atoms. The predicted octanol–water partition coefficient (Wildman–Crippen LogP) is 6.55. The minimum absolute atomic E-state index is 0.0118. The van der Waals surface area contributed by atoms with Gasteiger partial charge in [0.2, 0.25) is 5.91 Å². The molecule has 5 heteroatoms. The van der Waals surface area contributed by atoms with E-state index in [9.17, 15) is 9.59 Å². The summed E-state index contributed by atoms with van der Waals surface area (Å²) >= 11 is 0. The molecule has 1 aliphatic carbocycles. The Kier molecular flexibility index (Phi) is 7.96. The van der Waals surface area contributed by atoms with Gasteiger partial charge in [-0.1, -0.05) is 56.2 Å². The number of nitrogens with one attached hydrogen (secondary N) is 1. The highest BCUT2D eigenvalue weighted by molar-refractivity contribution is 5.97. The number of aromatic nitrogens is 1. The fourth-order valence-electron chi connectivity index (χ4n) is 5.19. The number of aryl methyl sites for hydroxylation is 2. The highest BCUT2D eigenvalue weighted by atomic mass is 16.4. The quantitative estimate of drug-likeness (QED) is 0.372. The maximum absolute atomic E-state index is 13.7. The molecule has 1 aliphatic rings. The summed E-state index contributed by atoms with van der Waals surface area (Å²) in [5, 5.41) is 12.2. The lowest BCUT2D eigenvalue weighted by Crippen LogP contribution is -2.27. The van der Waals surface area contributed by atoms with E-state index in [2.05, 4.69) is 47.6 Å². The van der Waals surface area contributed by atoms with Gasteiger partial charge < -0.3 is 10.4 Å². The number of benzene rings is 2. The van der Waals surface area contributed by atoms with Crippen LogP contribution < -0.4 is 5.32 Å². The van der Waals surface area contributed by atoms with Gasteiger partial charge in [0.1, 0.15) is 0 Å². The van der Waals surface area contributed by atoms with Crippen molar-refractivity contribution in [3.05, 3.63) is 83.2 Å². The zero-order valence-electron chi connectivity index (χ0n) is 20.6. The molecule has 0 saturated heterocycles. The Morgan fingerprint density at radius 1 is 1.06 bits per heavy atom. The number of rotatable bonds is 9. The summed E-state index contributed by atoms with van der Waals surface area (Å²) in [7, 11) is 0. The molecule has 4 rings (SSSR count). The molecule has 3 aromatic rings. The molecular formula is C30H34N2O3. The van der Waals surface area contributed by atoms with Crippen LogP contribution in [-0.4, -0.2) is 22.0 Å². The maximum atomic E-state index is 13.7. The van der Waals surface area contributed by atoms with Crippen LogP contribution in [0.15, 0.2) is 60.9 Å². The van der Waals surface area contributed by atoms with Crippen LogP contribution in [0.25, 0.3) is 11.1 Å². The van der Waals surface area contributed by atoms with Gasteiger partial charge in [0, 0.05) is 30.1 Å². The van der Waals surface area contributed by atoms with E-state index < -0.39 is 5.97 Å². The Bertz CT molecular complexity index is 1180. The average molecular weight is 471 g/mol. The van der Waals surface area contributed by atoms with Crippen molar-refractivity contribution in [2.24, 2.45) is 5.92 Å². The number of amides is 1. The molecule has 0 radical (unpaired) electrons. The van der Waals surface area contributed by atoms with Crippen molar-refractivity contribution < 1.29 is 14.7 Å². The minimum atomic E-state index is -0.819. The topological polar surface area (TPSA) is 79.3 Å². The average Bonchev–Trinajstić information content (AvgIpc) is 3.39. The van der Waals surface area contributed by atoms with Crippen LogP contribution in [0.3, 0.4) is 0 Å². The van der Waals surface area contributed by atoms with E-state index in [1.165, 1.54) is 5.56 Å². The van der Waals surface area contributed by atoms with Gasteiger partial charge in [-0.3, -0.25) is 14.6 Å². The number of aliphatic carboxylic acids is 1. The van der Waals surface area contributed by atoms with E-state index in [1.54, 1.807) is 0 Å². The van der Waals surface area contributed by atoms with Crippen molar-refractivity contribution in [3.8, 4) is 11.1 Å². The summed E-state index contributed by atoms with van der Waals surface area (Å²) in [6.07, 6.45) is 9.68. The number of carbonyl (C=O) groups is 2. The monoisotopic (exact) mass is 470 g/mol. The second kappa shape index (κ2) is 11.3. The summed E-state index contributed by atoms with van der Waals surface area (Å²) in [6, 6.07) is 16.3. The van der Waals surface area contributed by atoms with Gasteiger partial charge in [0.15, 0.2) is 0 Å². The SMILES string of the molecule is CCc1cncc(-c2ccc([C@H](C(=O)Nc3cccc(CCC(=O)O)c3C)C3CCCC3)cc2)c1. The molecule has 5 nitrogen and oxygen atoms in total. The van der Waals surface area contributed by atoms with Gasteiger partial charge in [0.05, 0.1) is 5.92 Å². The first kappa shape index (κ1) is 24.6. The lowest BCUT2D eigenvalue weighted by atomic mass is 9.83. The third-order valence-corrected chi connectivity index (χ3v) is 7.27. The van der Waals surface area contributed by atoms with Gasteiger partial charge in [-0.2, -0.15) is 0 Å². The molecule has 1 fully saturated rings. The molecule has 0 unspecified atom stereocenters. The van der Waals surface area contributed by atoms with Crippen LogP contribution in [0.4, 0.5) is 5.69 Å². The standard InChI is InChI=1S/C30H34N2O3/c1-3-21-17-26(19-31-18-21)23-11-13-25(14-12-23)29(24-7-4-5-8-24)30(35)32-27-10-6-9-22(20(27)2)15-16-28(33)34/h6,9-14,17-19,24,29H,3-5,7-8,15-16H2,1-2H3,(H,32,35)(H,33,34)/t29-/m1/s1. The van der Waals surface area contributed by atoms with Crippen molar-refractivity contribution in [2.45, 2.75) is 64.7 Å². The Morgan fingerprint density at radius 2 is 1.80 bits per heavy atom. The fourth-order valence-corrected chi connectivity index (χ4v) is 5.19.